The summed E-state index contributed by atoms with van der Waals surface area (Å²) in [6, 6.07) is 0. The van der Waals surface area contributed by atoms with Gasteiger partial charge in [-0.25, -0.2) is 0 Å². The molecule has 1 saturated carbocycles. The van der Waals surface area contributed by atoms with Gasteiger partial charge in [0.25, 0.3) is 0 Å². The number of nitrogens with one attached hydrogen (secondary N) is 1. The van der Waals surface area contributed by atoms with Crippen LogP contribution in [-0.4, -0.2) is 16.5 Å². The normalized spacial score (nSPS) is 28.9. The Labute approximate surface area is 71.1 Å². The Hall–Kier alpha value is -0.180. The molecular formula is C8H13NOS. The molecular weight excluding hydrogens is 158 g/mol. The van der Waals surface area contributed by atoms with Crippen LogP contribution in [0.4, 0.5) is 0 Å². The van der Waals surface area contributed by atoms with Gasteiger partial charge in [0.15, 0.2) is 0 Å². The van der Waals surface area contributed by atoms with E-state index in [1.807, 2.05) is 11.8 Å². The Kier molecular flexibility index (Phi) is 1.83. The summed E-state index contributed by atoms with van der Waals surface area (Å²) in [4.78, 5) is 11.3. The Morgan fingerprint density at radius 2 is 2.09 bits per heavy atom. The lowest BCUT2D eigenvalue weighted by Crippen LogP contribution is -2.47. The first-order chi connectivity index (χ1) is 5.31. The van der Waals surface area contributed by atoms with Gasteiger partial charge in [0, 0.05) is 12.2 Å². The van der Waals surface area contributed by atoms with Crippen LogP contribution in [0.1, 0.15) is 32.1 Å². The van der Waals surface area contributed by atoms with E-state index < -0.39 is 0 Å². The number of carbonyl (C=O) groups is 1. The van der Waals surface area contributed by atoms with Crippen LogP contribution in [0, 0.1) is 0 Å². The maximum absolute atomic E-state index is 11.1. The van der Waals surface area contributed by atoms with E-state index in [-0.39, 0.29) is 10.8 Å². The van der Waals surface area contributed by atoms with E-state index in [9.17, 15) is 4.79 Å². The highest BCUT2D eigenvalue weighted by molar-refractivity contribution is 8.00. The second-order valence-electron chi connectivity index (χ2n) is 3.35. The molecule has 1 saturated heterocycles. The molecule has 1 spiro atoms. The summed E-state index contributed by atoms with van der Waals surface area (Å²) in [5.74, 6) is 1.27. The molecule has 0 atom stereocenters. The van der Waals surface area contributed by atoms with Crippen molar-refractivity contribution in [2.45, 2.75) is 37.0 Å². The number of thioether (sulfide) groups is 1. The highest BCUT2D eigenvalue weighted by Crippen LogP contribution is 2.41. The van der Waals surface area contributed by atoms with Gasteiger partial charge in [-0.2, -0.15) is 0 Å². The van der Waals surface area contributed by atoms with E-state index in [2.05, 4.69) is 5.32 Å². The highest BCUT2D eigenvalue weighted by atomic mass is 32.2. The van der Waals surface area contributed by atoms with Crippen LogP contribution in [0.15, 0.2) is 0 Å². The minimum absolute atomic E-state index is 0.162. The standard InChI is InChI=1S/C8H13NOS/c10-7-3-6-11-8(9-7)4-1-2-5-8/h1-6H2,(H,9,10). The summed E-state index contributed by atoms with van der Waals surface area (Å²) in [5.41, 5.74) is 0. The van der Waals surface area contributed by atoms with E-state index in [4.69, 9.17) is 0 Å². The maximum Gasteiger partial charge on any atom is 0.221 e. The van der Waals surface area contributed by atoms with Gasteiger partial charge in [-0.1, -0.05) is 12.8 Å². The largest absolute Gasteiger partial charge is 0.342 e. The third-order valence-electron chi connectivity index (χ3n) is 2.49. The molecule has 0 aromatic rings. The van der Waals surface area contributed by atoms with Crippen molar-refractivity contribution < 1.29 is 4.79 Å². The van der Waals surface area contributed by atoms with Crippen molar-refractivity contribution in [1.29, 1.82) is 0 Å². The van der Waals surface area contributed by atoms with Gasteiger partial charge in [-0.15, -0.1) is 11.8 Å². The Morgan fingerprint density at radius 1 is 1.36 bits per heavy atom. The molecule has 3 heteroatoms. The summed E-state index contributed by atoms with van der Waals surface area (Å²) in [7, 11) is 0. The fourth-order valence-corrected chi connectivity index (χ4v) is 3.35. The molecule has 1 N–H and O–H groups in total. The molecule has 2 nitrogen and oxygen atoms in total. The molecule has 1 aliphatic heterocycles. The second-order valence-corrected chi connectivity index (χ2v) is 4.83. The zero-order chi connectivity index (χ0) is 7.73. The van der Waals surface area contributed by atoms with Crippen LogP contribution in [0.2, 0.25) is 0 Å². The van der Waals surface area contributed by atoms with Crippen molar-refractivity contribution in [3.05, 3.63) is 0 Å². The molecule has 2 rings (SSSR count). The Balaban J connectivity index is 2.05. The molecule has 0 aromatic heterocycles. The summed E-state index contributed by atoms with van der Waals surface area (Å²) >= 11 is 1.94. The van der Waals surface area contributed by atoms with Crippen LogP contribution in [-0.2, 0) is 4.79 Å². The summed E-state index contributed by atoms with van der Waals surface area (Å²) < 4.78 is 0. The predicted octanol–water partition coefficient (Wildman–Crippen LogP) is 1.51. The van der Waals surface area contributed by atoms with Crippen LogP contribution in [0.5, 0.6) is 0 Å². The zero-order valence-electron chi connectivity index (χ0n) is 6.56. The van der Waals surface area contributed by atoms with Crippen molar-refractivity contribution in [2.24, 2.45) is 0 Å². The smallest absolute Gasteiger partial charge is 0.221 e. The molecule has 0 aromatic carbocycles. The van der Waals surface area contributed by atoms with Gasteiger partial charge in [0.1, 0.15) is 0 Å². The quantitative estimate of drug-likeness (QED) is 0.598. The Bertz CT molecular complexity index is 175. The molecule has 62 valence electrons. The van der Waals surface area contributed by atoms with Gasteiger partial charge in [0.2, 0.25) is 5.91 Å². The Morgan fingerprint density at radius 3 is 2.73 bits per heavy atom. The molecule has 11 heavy (non-hydrogen) atoms. The number of rotatable bonds is 0. The van der Waals surface area contributed by atoms with Crippen LogP contribution in [0.3, 0.4) is 0 Å². The molecule has 0 unspecified atom stereocenters. The highest BCUT2D eigenvalue weighted by Gasteiger charge is 2.37. The second kappa shape index (κ2) is 2.70. The number of amides is 1. The van der Waals surface area contributed by atoms with Gasteiger partial charge < -0.3 is 5.32 Å². The average molecular weight is 171 g/mol. The lowest BCUT2D eigenvalue weighted by atomic mass is 10.2. The molecule has 0 radical (unpaired) electrons. The van der Waals surface area contributed by atoms with Gasteiger partial charge >= 0.3 is 0 Å². The van der Waals surface area contributed by atoms with E-state index in [0.717, 1.165) is 5.75 Å². The van der Waals surface area contributed by atoms with Crippen molar-refractivity contribution in [1.82, 2.24) is 5.32 Å². The number of carbonyl (C=O) groups excluding carboxylic acids is 1. The number of hydrogen-bond acceptors (Lipinski definition) is 2. The number of hydrogen-bond donors (Lipinski definition) is 1. The maximum atomic E-state index is 11.1. The first-order valence-corrected chi connectivity index (χ1v) is 5.24. The third kappa shape index (κ3) is 1.39. The average Bonchev–Trinajstić information content (AvgIpc) is 2.37. The van der Waals surface area contributed by atoms with E-state index in [1.165, 1.54) is 25.7 Å². The minimum atomic E-state index is 0.162. The van der Waals surface area contributed by atoms with Crippen molar-refractivity contribution >= 4 is 17.7 Å². The summed E-state index contributed by atoms with van der Waals surface area (Å²) in [5, 5.41) is 3.12. The predicted molar refractivity (Wildman–Crippen MR) is 46.4 cm³/mol. The fourth-order valence-electron chi connectivity index (χ4n) is 1.91. The SMILES string of the molecule is O=C1CCSC2(CCCC2)N1. The van der Waals surface area contributed by atoms with Crippen molar-refractivity contribution in [3.63, 3.8) is 0 Å². The minimum Gasteiger partial charge on any atom is -0.342 e. The lowest BCUT2D eigenvalue weighted by Gasteiger charge is -2.33. The third-order valence-corrected chi connectivity index (χ3v) is 3.96. The topological polar surface area (TPSA) is 29.1 Å². The van der Waals surface area contributed by atoms with Gasteiger partial charge in [0.05, 0.1) is 4.87 Å². The van der Waals surface area contributed by atoms with Crippen LogP contribution >= 0.6 is 11.8 Å². The van der Waals surface area contributed by atoms with E-state index >= 15 is 0 Å². The molecule has 2 aliphatic rings. The van der Waals surface area contributed by atoms with Gasteiger partial charge in [-0.05, 0) is 12.8 Å². The molecule has 0 bridgehead atoms. The lowest BCUT2D eigenvalue weighted by molar-refractivity contribution is -0.122. The fraction of sp³-hybridized carbons (Fsp3) is 0.875. The summed E-state index contributed by atoms with van der Waals surface area (Å²) in [6.45, 7) is 0. The van der Waals surface area contributed by atoms with Gasteiger partial charge in [-0.3, -0.25) is 4.79 Å². The first-order valence-electron chi connectivity index (χ1n) is 4.26. The molecule has 1 aliphatic carbocycles. The molecule has 2 fully saturated rings. The van der Waals surface area contributed by atoms with Crippen LogP contribution < -0.4 is 5.32 Å². The molecule has 1 heterocycles. The van der Waals surface area contributed by atoms with E-state index in [1.54, 1.807) is 0 Å². The summed E-state index contributed by atoms with van der Waals surface area (Å²) in [6.07, 6.45) is 5.65. The zero-order valence-corrected chi connectivity index (χ0v) is 7.38. The van der Waals surface area contributed by atoms with Crippen LogP contribution in [0.25, 0.3) is 0 Å². The monoisotopic (exact) mass is 171 g/mol. The first kappa shape index (κ1) is 7.47. The molecule has 1 amide bonds. The van der Waals surface area contributed by atoms with Crippen molar-refractivity contribution in [2.75, 3.05) is 5.75 Å². The van der Waals surface area contributed by atoms with E-state index in [0.29, 0.717) is 6.42 Å². The van der Waals surface area contributed by atoms with Crippen molar-refractivity contribution in [3.8, 4) is 0 Å².